The number of nitrogens with two attached hydrogens (primary N) is 1. The predicted octanol–water partition coefficient (Wildman–Crippen LogP) is 2.49. The van der Waals surface area contributed by atoms with Crippen LogP contribution in [0.4, 0.5) is 0 Å². The molecule has 0 aliphatic heterocycles. The monoisotopic (exact) mass is 512 g/mol. The molecular formula is C28H36N2O7. The summed E-state index contributed by atoms with van der Waals surface area (Å²) in [5, 5.41) is 44.5. The minimum absolute atomic E-state index is 0.0721. The molecule has 0 saturated heterocycles. The van der Waals surface area contributed by atoms with Crippen LogP contribution in [0, 0.1) is 17.8 Å². The van der Waals surface area contributed by atoms with E-state index >= 15 is 0 Å². The number of hydrogen-bond donors (Lipinski definition) is 5. The van der Waals surface area contributed by atoms with Crippen molar-refractivity contribution in [3.8, 4) is 5.75 Å². The number of aryl methyl sites for hydroxylation is 1. The van der Waals surface area contributed by atoms with Gasteiger partial charge in [-0.15, -0.1) is 0 Å². The number of primary amides is 1. The van der Waals surface area contributed by atoms with Gasteiger partial charge in [0, 0.05) is 11.5 Å². The summed E-state index contributed by atoms with van der Waals surface area (Å²) >= 11 is 0. The number of aliphatic hydroxyl groups excluding tert-OH is 2. The van der Waals surface area contributed by atoms with Crippen LogP contribution in [0.5, 0.6) is 5.75 Å². The summed E-state index contributed by atoms with van der Waals surface area (Å²) in [5.74, 6) is -5.79. The van der Waals surface area contributed by atoms with Crippen molar-refractivity contribution < 1.29 is 34.8 Å². The topological polar surface area (TPSA) is 161 Å². The Morgan fingerprint density at radius 1 is 1.16 bits per heavy atom. The zero-order valence-corrected chi connectivity index (χ0v) is 21.7. The molecule has 1 aromatic carbocycles. The highest BCUT2D eigenvalue weighted by Gasteiger charge is 2.63. The maximum absolute atomic E-state index is 13.7. The molecule has 0 heterocycles. The lowest BCUT2D eigenvalue weighted by Crippen LogP contribution is -2.63. The van der Waals surface area contributed by atoms with E-state index in [1.165, 1.54) is 6.07 Å². The Kier molecular flexibility index (Phi) is 6.98. The van der Waals surface area contributed by atoms with E-state index < -0.39 is 58.0 Å². The highest BCUT2D eigenvalue weighted by atomic mass is 16.3. The molecule has 0 spiro atoms. The molecule has 9 heteroatoms. The molecule has 0 fully saturated rings. The van der Waals surface area contributed by atoms with Crippen molar-refractivity contribution in [1.29, 1.82) is 0 Å². The largest absolute Gasteiger partial charge is 0.510 e. The van der Waals surface area contributed by atoms with Crippen LogP contribution in [0.3, 0.4) is 0 Å². The normalized spacial score (nSPS) is 27.5. The first-order valence-corrected chi connectivity index (χ1v) is 12.9. The quantitative estimate of drug-likeness (QED) is 0.348. The van der Waals surface area contributed by atoms with Crippen LogP contribution in [0.25, 0.3) is 0 Å². The number of Topliss-reactive ketones (excluding diaryl/α,β-unsaturated/α-hetero) is 2. The number of rotatable bonds is 7. The fourth-order valence-electron chi connectivity index (χ4n) is 6.61. The van der Waals surface area contributed by atoms with E-state index in [1.54, 1.807) is 19.0 Å². The first kappa shape index (κ1) is 26.9. The number of phenols is 1. The Bertz CT molecular complexity index is 1230. The molecule has 0 bridgehead atoms. The third kappa shape index (κ3) is 3.95. The number of allylic oxidation sites excluding steroid dienone is 1. The average molecular weight is 513 g/mol. The van der Waals surface area contributed by atoms with Crippen LogP contribution in [-0.4, -0.2) is 68.5 Å². The molecular weight excluding hydrogens is 476 g/mol. The summed E-state index contributed by atoms with van der Waals surface area (Å²) in [6.45, 7) is 4.29. The molecule has 0 aromatic heterocycles. The Labute approximate surface area is 216 Å². The van der Waals surface area contributed by atoms with Gasteiger partial charge in [0.1, 0.15) is 22.8 Å². The Morgan fingerprint density at radius 2 is 1.81 bits per heavy atom. The van der Waals surface area contributed by atoms with E-state index in [-0.39, 0.29) is 23.3 Å². The van der Waals surface area contributed by atoms with Crippen molar-refractivity contribution in [3.63, 3.8) is 0 Å². The van der Waals surface area contributed by atoms with Crippen LogP contribution in [0.15, 0.2) is 34.8 Å². The van der Waals surface area contributed by atoms with Crippen molar-refractivity contribution >= 4 is 17.5 Å². The fraction of sp³-hybridized carbons (Fsp3) is 0.536. The van der Waals surface area contributed by atoms with E-state index in [0.29, 0.717) is 17.9 Å². The molecule has 4 rings (SSSR count). The summed E-state index contributed by atoms with van der Waals surface area (Å²) in [5.41, 5.74) is 3.54. The summed E-state index contributed by atoms with van der Waals surface area (Å²) in [6, 6.07) is 2.30. The second-order valence-corrected chi connectivity index (χ2v) is 10.8. The zero-order chi connectivity index (χ0) is 27.4. The van der Waals surface area contributed by atoms with Crippen LogP contribution in [0.2, 0.25) is 0 Å². The molecule has 1 aromatic rings. The summed E-state index contributed by atoms with van der Waals surface area (Å²) in [7, 11) is 3.22. The van der Waals surface area contributed by atoms with Crippen LogP contribution in [0.1, 0.15) is 61.0 Å². The van der Waals surface area contributed by atoms with Crippen molar-refractivity contribution in [3.05, 3.63) is 51.5 Å². The second-order valence-electron chi connectivity index (χ2n) is 10.8. The van der Waals surface area contributed by atoms with Gasteiger partial charge in [0.05, 0.1) is 11.6 Å². The third-order valence-corrected chi connectivity index (χ3v) is 8.68. The van der Waals surface area contributed by atoms with Gasteiger partial charge in [-0.05, 0) is 68.8 Å². The van der Waals surface area contributed by atoms with Gasteiger partial charge in [0.25, 0.3) is 5.91 Å². The maximum Gasteiger partial charge on any atom is 0.255 e. The molecule has 3 aliphatic carbocycles. The lowest BCUT2D eigenvalue weighted by molar-refractivity contribution is -0.148. The highest BCUT2D eigenvalue weighted by molar-refractivity contribution is 6.24. The van der Waals surface area contributed by atoms with Gasteiger partial charge >= 0.3 is 0 Å². The maximum atomic E-state index is 13.7. The number of amides is 1. The minimum atomic E-state index is -2.62. The zero-order valence-electron chi connectivity index (χ0n) is 21.7. The van der Waals surface area contributed by atoms with Crippen molar-refractivity contribution in [2.75, 3.05) is 14.1 Å². The molecule has 1 amide bonds. The number of phenolic OH excluding ortho intramolecular Hbond substituents is 1. The van der Waals surface area contributed by atoms with Gasteiger partial charge in [-0.25, -0.2) is 0 Å². The lowest BCUT2D eigenvalue weighted by atomic mass is 9.58. The van der Waals surface area contributed by atoms with Crippen molar-refractivity contribution in [1.82, 2.24) is 4.90 Å². The lowest BCUT2D eigenvalue weighted by Gasteiger charge is -2.50. The number of hydrogen-bond acceptors (Lipinski definition) is 8. The van der Waals surface area contributed by atoms with Gasteiger partial charge in [-0.2, -0.15) is 0 Å². The average Bonchev–Trinajstić information content (AvgIpc) is 2.82. The third-order valence-electron chi connectivity index (χ3n) is 8.68. The van der Waals surface area contributed by atoms with E-state index in [9.17, 15) is 34.8 Å². The number of nitrogens with zero attached hydrogens (tertiary/aromatic N) is 1. The van der Waals surface area contributed by atoms with Crippen LogP contribution >= 0.6 is 0 Å². The Hall–Kier alpha value is -3.17. The van der Waals surface area contributed by atoms with Crippen molar-refractivity contribution in [2.24, 2.45) is 23.5 Å². The van der Waals surface area contributed by atoms with Gasteiger partial charge in [-0.1, -0.05) is 32.8 Å². The SMILES string of the molecule is CCC(CC)CCc1ccc(O)c2c1C[C@@H]1C[C@@H]3C(N(C)C)C(O)=C(C(N)=O)C(=O)[C@]3(O)C(O)=C1C2=O. The summed E-state index contributed by atoms with van der Waals surface area (Å²) < 4.78 is 0. The van der Waals surface area contributed by atoms with Gasteiger partial charge in [-0.3, -0.25) is 19.3 Å². The molecule has 9 nitrogen and oxygen atoms in total. The number of aromatic hydroxyl groups is 1. The highest BCUT2D eigenvalue weighted by Crippen LogP contribution is 2.52. The Balaban J connectivity index is 1.86. The molecule has 4 atom stereocenters. The molecule has 0 saturated carbocycles. The first-order chi connectivity index (χ1) is 17.4. The number of likely N-dealkylation sites (N-methyl/N-ethyl adjacent to an activating group) is 1. The standard InChI is InChI=1S/C28H36N2O7/c1-5-13(6-2)7-8-14-9-10-18(31)20-16(14)11-15-12-17-22(30(3)4)24(33)21(27(29)36)26(35)28(17,37)25(34)19(15)23(20)32/h9-10,13,15,17,22,31,33-34,37H,5-8,11-12H2,1-4H3,(H2,29,36)/t15-,17-,22?,28-/m1/s1. The van der Waals surface area contributed by atoms with Crippen molar-refractivity contribution in [2.45, 2.75) is 64.0 Å². The van der Waals surface area contributed by atoms with E-state index in [4.69, 9.17) is 5.73 Å². The summed E-state index contributed by atoms with van der Waals surface area (Å²) in [4.78, 5) is 40.7. The number of fused-ring (bicyclic) bond motifs is 3. The smallest absolute Gasteiger partial charge is 0.255 e. The molecule has 1 unspecified atom stereocenters. The van der Waals surface area contributed by atoms with E-state index in [2.05, 4.69) is 13.8 Å². The number of ketones is 2. The number of carbonyl (C=O) groups excluding carboxylic acids is 3. The fourth-order valence-corrected chi connectivity index (χ4v) is 6.61. The minimum Gasteiger partial charge on any atom is -0.510 e. The molecule has 0 radical (unpaired) electrons. The van der Waals surface area contributed by atoms with Gasteiger partial charge in [0.15, 0.2) is 11.4 Å². The van der Waals surface area contributed by atoms with E-state index in [1.807, 2.05) is 6.07 Å². The summed E-state index contributed by atoms with van der Waals surface area (Å²) in [6.07, 6.45) is 4.17. The van der Waals surface area contributed by atoms with E-state index in [0.717, 1.165) is 31.2 Å². The van der Waals surface area contributed by atoms with Crippen LogP contribution < -0.4 is 5.73 Å². The first-order valence-electron chi connectivity index (χ1n) is 12.9. The van der Waals surface area contributed by atoms with Gasteiger partial charge < -0.3 is 26.2 Å². The predicted molar refractivity (Wildman–Crippen MR) is 136 cm³/mol. The number of carbonyl (C=O) groups is 3. The second kappa shape index (κ2) is 9.61. The molecule has 37 heavy (non-hydrogen) atoms. The Morgan fingerprint density at radius 3 is 2.38 bits per heavy atom. The van der Waals surface area contributed by atoms with Crippen LogP contribution in [-0.2, 0) is 22.4 Å². The molecule has 3 aliphatic rings. The number of benzene rings is 1. The number of aliphatic hydroxyl groups is 3. The molecule has 6 N–H and O–H groups in total. The van der Waals surface area contributed by atoms with Gasteiger partial charge in [0.2, 0.25) is 5.78 Å². The molecule has 200 valence electrons.